The van der Waals surface area contributed by atoms with Crippen LogP contribution in [-0.4, -0.2) is 31.0 Å². The number of benzene rings is 1. The van der Waals surface area contributed by atoms with Crippen LogP contribution >= 0.6 is 0 Å². The lowest BCUT2D eigenvalue weighted by Crippen LogP contribution is -2.36. The molecule has 1 aromatic carbocycles. The minimum absolute atomic E-state index is 0.0178. The summed E-state index contributed by atoms with van der Waals surface area (Å²) in [6.07, 6.45) is 2.62. The number of nitrogens with zero attached hydrogens (tertiary/aromatic N) is 3. The van der Waals surface area contributed by atoms with Crippen molar-refractivity contribution in [1.29, 1.82) is 0 Å². The summed E-state index contributed by atoms with van der Waals surface area (Å²) < 4.78 is 0. The Hall–Kier alpha value is -2.36. The summed E-state index contributed by atoms with van der Waals surface area (Å²) in [6.45, 7) is 2.09. The van der Waals surface area contributed by atoms with E-state index in [1.165, 1.54) is 5.56 Å². The van der Waals surface area contributed by atoms with Crippen molar-refractivity contribution in [3.8, 4) is 0 Å². The van der Waals surface area contributed by atoms with Crippen LogP contribution in [0.25, 0.3) is 0 Å². The number of anilines is 2. The average molecular weight is 281 g/mol. The van der Waals surface area contributed by atoms with Crippen molar-refractivity contribution >= 4 is 17.4 Å². The van der Waals surface area contributed by atoms with Crippen LogP contribution in [0.2, 0.25) is 0 Å². The zero-order valence-corrected chi connectivity index (χ0v) is 12.6. The normalized spacial score (nSPS) is 16.7. The molecule has 1 atom stereocenters. The van der Waals surface area contributed by atoms with Gasteiger partial charge >= 0.3 is 0 Å². The molecule has 108 valence electrons. The highest BCUT2D eigenvalue weighted by Gasteiger charge is 2.32. The molecule has 0 radical (unpaired) electrons. The summed E-state index contributed by atoms with van der Waals surface area (Å²) >= 11 is 0. The molecule has 4 nitrogen and oxygen atoms in total. The summed E-state index contributed by atoms with van der Waals surface area (Å²) in [6, 6.07) is 11.9. The zero-order valence-electron chi connectivity index (χ0n) is 12.6. The highest BCUT2D eigenvalue weighted by molar-refractivity contribution is 6.10. The molecule has 1 aliphatic heterocycles. The first-order valence-electron chi connectivity index (χ1n) is 7.13. The van der Waals surface area contributed by atoms with E-state index >= 15 is 0 Å². The second-order valence-electron chi connectivity index (χ2n) is 5.63. The molecular weight excluding hydrogens is 262 g/mol. The number of aromatic nitrogens is 1. The number of hydrogen-bond donors (Lipinski definition) is 0. The van der Waals surface area contributed by atoms with E-state index < -0.39 is 0 Å². The van der Waals surface area contributed by atoms with E-state index in [0.29, 0.717) is 11.4 Å². The predicted molar refractivity (Wildman–Crippen MR) is 85.0 cm³/mol. The molecule has 21 heavy (non-hydrogen) atoms. The average Bonchev–Trinajstić information content (AvgIpc) is 2.82. The van der Waals surface area contributed by atoms with Gasteiger partial charge in [0.05, 0.1) is 5.56 Å². The van der Waals surface area contributed by atoms with Crippen LogP contribution in [0.4, 0.5) is 11.5 Å². The third-order valence-electron chi connectivity index (χ3n) is 3.87. The number of para-hydroxylation sites is 1. The summed E-state index contributed by atoms with van der Waals surface area (Å²) in [7, 11) is 3.81. The number of fused-ring (bicyclic) bond motifs is 1. The minimum atomic E-state index is 0.0178. The maximum Gasteiger partial charge on any atom is 0.262 e. The van der Waals surface area contributed by atoms with Gasteiger partial charge in [0, 0.05) is 32.0 Å². The van der Waals surface area contributed by atoms with Crippen LogP contribution in [0.15, 0.2) is 42.6 Å². The van der Waals surface area contributed by atoms with Crippen LogP contribution in [0.5, 0.6) is 0 Å². The SMILES string of the molecule is CC1Cc2ccccc2N1C(=O)c1cccnc1N(C)C. The number of carbonyl (C=O) groups is 1. The van der Waals surface area contributed by atoms with Gasteiger partial charge < -0.3 is 9.80 Å². The second-order valence-corrected chi connectivity index (χ2v) is 5.63. The van der Waals surface area contributed by atoms with Crippen LogP contribution in [0, 0.1) is 0 Å². The van der Waals surface area contributed by atoms with Crippen molar-refractivity contribution in [2.75, 3.05) is 23.9 Å². The van der Waals surface area contributed by atoms with E-state index in [-0.39, 0.29) is 11.9 Å². The first-order chi connectivity index (χ1) is 10.1. The Labute approximate surface area is 125 Å². The van der Waals surface area contributed by atoms with Crippen molar-refractivity contribution in [2.24, 2.45) is 0 Å². The third-order valence-corrected chi connectivity index (χ3v) is 3.87. The molecule has 1 aliphatic rings. The second kappa shape index (κ2) is 5.20. The van der Waals surface area contributed by atoms with Gasteiger partial charge in [-0.3, -0.25) is 4.79 Å². The van der Waals surface area contributed by atoms with Gasteiger partial charge in [-0.1, -0.05) is 18.2 Å². The Morgan fingerprint density at radius 2 is 2.00 bits per heavy atom. The fourth-order valence-electron chi connectivity index (χ4n) is 2.93. The van der Waals surface area contributed by atoms with Gasteiger partial charge in [0.2, 0.25) is 0 Å². The topological polar surface area (TPSA) is 36.4 Å². The van der Waals surface area contributed by atoms with Gasteiger partial charge in [-0.25, -0.2) is 4.98 Å². The molecule has 0 spiro atoms. The van der Waals surface area contributed by atoms with Crippen molar-refractivity contribution < 1.29 is 4.79 Å². The smallest absolute Gasteiger partial charge is 0.262 e. The van der Waals surface area contributed by atoms with Gasteiger partial charge in [-0.15, -0.1) is 0 Å². The molecule has 2 heterocycles. The van der Waals surface area contributed by atoms with Crippen molar-refractivity contribution in [3.63, 3.8) is 0 Å². The molecule has 0 N–H and O–H groups in total. The largest absolute Gasteiger partial charge is 0.362 e. The van der Waals surface area contributed by atoms with Crippen LogP contribution < -0.4 is 9.80 Å². The lowest BCUT2D eigenvalue weighted by atomic mass is 10.1. The molecule has 0 aliphatic carbocycles. The van der Waals surface area contributed by atoms with Gasteiger partial charge in [0.15, 0.2) is 0 Å². The molecular formula is C17H19N3O. The molecule has 4 heteroatoms. The van der Waals surface area contributed by atoms with E-state index in [2.05, 4.69) is 18.0 Å². The molecule has 0 saturated heterocycles. The Morgan fingerprint density at radius 3 is 2.76 bits per heavy atom. The quantitative estimate of drug-likeness (QED) is 0.849. The first kappa shape index (κ1) is 13.6. The lowest BCUT2D eigenvalue weighted by molar-refractivity contribution is 0.0981. The van der Waals surface area contributed by atoms with E-state index in [1.807, 2.05) is 54.2 Å². The first-order valence-corrected chi connectivity index (χ1v) is 7.13. The number of hydrogen-bond acceptors (Lipinski definition) is 3. The Bertz CT molecular complexity index is 681. The summed E-state index contributed by atoms with van der Waals surface area (Å²) in [5.41, 5.74) is 2.89. The number of rotatable bonds is 2. The van der Waals surface area contributed by atoms with Crippen LogP contribution in [0.3, 0.4) is 0 Å². The molecule has 2 aromatic rings. The highest BCUT2D eigenvalue weighted by atomic mass is 16.2. The van der Waals surface area contributed by atoms with E-state index in [1.54, 1.807) is 6.20 Å². The van der Waals surface area contributed by atoms with Crippen molar-refractivity contribution in [1.82, 2.24) is 4.98 Å². The number of pyridine rings is 1. The monoisotopic (exact) mass is 281 g/mol. The molecule has 0 fully saturated rings. The predicted octanol–water partition coefficient (Wildman–Crippen LogP) is 2.74. The van der Waals surface area contributed by atoms with Crippen molar-refractivity contribution in [2.45, 2.75) is 19.4 Å². The van der Waals surface area contributed by atoms with Gasteiger partial charge in [0.1, 0.15) is 5.82 Å². The molecule has 1 aromatic heterocycles. The Morgan fingerprint density at radius 1 is 1.24 bits per heavy atom. The maximum absolute atomic E-state index is 13.0. The van der Waals surface area contributed by atoms with E-state index in [0.717, 1.165) is 12.1 Å². The van der Waals surface area contributed by atoms with Gasteiger partial charge in [-0.2, -0.15) is 0 Å². The Balaban J connectivity index is 2.04. The summed E-state index contributed by atoms with van der Waals surface area (Å²) in [5.74, 6) is 0.725. The number of carbonyl (C=O) groups excluding carboxylic acids is 1. The molecule has 3 rings (SSSR count). The third kappa shape index (κ3) is 2.27. The van der Waals surface area contributed by atoms with Crippen LogP contribution in [0.1, 0.15) is 22.8 Å². The van der Waals surface area contributed by atoms with Gasteiger partial charge in [0.25, 0.3) is 5.91 Å². The standard InChI is InChI=1S/C17H19N3O/c1-12-11-13-7-4-5-9-15(13)20(12)17(21)14-8-6-10-18-16(14)19(2)3/h4-10,12H,11H2,1-3H3. The number of amides is 1. The van der Waals surface area contributed by atoms with E-state index in [4.69, 9.17) is 0 Å². The fraction of sp³-hybridized carbons (Fsp3) is 0.294. The molecule has 0 bridgehead atoms. The minimum Gasteiger partial charge on any atom is -0.362 e. The highest BCUT2D eigenvalue weighted by Crippen LogP contribution is 2.34. The zero-order chi connectivity index (χ0) is 15.0. The van der Waals surface area contributed by atoms with Gasteiger partial charge in [-0.05, 0) is 37.1 Å². The van der Waals surface area contributed by atoms with E-state index in [9.17, 15) is 4.79 Å². The van der Waals surface area contributed by atoms with Crippen LogP contribution in [-0.2, 0) is 6.42 Å². The molecule has 1 amide bonds. The summed E-state index contributed by atoms with van der Waals surface area (Å²) in [4.78, 5) is 21.1. The maximum atomic E-state index is 13.0. The molecule has 0 saturated carbocycles. The fourth-order valence-corrected chi connectivity index (χ4v) is 2.93. The Kier molecular flexibility index (Phi) is 3.37. The lowest BCUT2D eigenvalue weighted by Gasteiger charge is -2.25. The molecule has 1 unspecified atom stereocenters. The summed E-state index contributed by atoms with van der Waals surface area (Å²) in [5, 5.41) is 0. The van der Waals surface area contributed by atoms with Crippen molar-refractivity contribution in [3.05, 3.63) is 53.7 Å².